The summed E-state index contributed by atoms with van der Waals surface area (Å²) in [6, 6.07) is 9.97. The Morgan fingerprint density at radius 3 is 2.70 bits per heavy atom. The van der Waals surface area contributed by atoms with Crippen molar-refractivity contribution in [2.24, 2.45) is 0 Å². The molecule has 27 heavy (non-hydrogen) atoms. The van der Waals surface area contributed by atoms with Gasteiger partial charge in [-0.25, -0.2) is 0 Å². The van der Waals surface area contributed by atoms with Gasteiger partial charge in [0, 0.05) is 49.7 Å². The van der Waals surface area contributed by atoms with Crippen LogP contribution in [0.1, 0.15) is 24.8 Å². The van der Waals surface area contributed by atoms with Crippen molar-refractivity contribution in [3.63, 3.8) is 0 Å². The number of aryl methyl sites for hydroxylation is 1. The van der Waals surface area contributed by atoms with Crippen molar-refractivity contribution in [2.75, 3.05) is 32.6 Å². The maximum atomic E-state index is 12.6. The second-order valence-electron chi connectivity index (χ2n) is 6.75. The number of carbonyl (C=O) groups excluding carboxylic acids is 1. The second kappa shape index (κ2) is 9.26. The molecule has 1 atom stereocenters. The molecule has 0 spiro atoms. The van der Waals surface area contributed by atoms with Crippen LogP contribution in [-0.4, -0.2) is 49.1 Å². The van der Waals surface area contributed by atoms with Crippen LogP contribution in [0.2, 0.25) is 0 Å². The van der Waals surface area contributed by atoms with Crippen LogP contribution in [0.5, 0.6) is 11.5 Å². The number of piperidine rings is 1. The number of likely N-dealkylation sites (tertiary alicyclic amines) is 1. The summed E-state index contributed by atoms with van der Waals surface area (Å²) in [5, 5.41) is 3.53. The number of hydrogen-bond donors (Lipinski definition) is 1. The molecule has 3 rings (SSSR count). The number of benzene rings is 1. The van der Waals surface area contributed by atoms with Gasteiger partial charge in [-0.05, 0) is 49.1 Å². The molecule has 0 radical (unpaired) electrons. The minimum Gasteiger partial charge on any atom is -0.493 e. The summed E-state index contributed by atoms with van der Waals surface area (Å²) in [5.74, 6) is 1.62. The van der Waals surface area contributed by atoms with E-state index >= 15 is 0 Å². The number of anilines is 1. The number of amides is 1. The Morgan fingerprint density at radius 2 is 1.96 bits per heavy atom. The summed E-state index contributed by atoms with van der Waals surface area (Å²) in [6.07, 6.45) is 6.88. The first-order valence-electron chi connectivity index (χ1n) is 9.35. The Morgan fingerprint density at radius 1 is 1.19 bits per heavy atom. The molecule has 1 saturated heterocycles. The van der Waals surface area contributed by atoms with E-state index < -0.39 is 0 Å². The molecule has 2 heterocycles. The molecular weight excluding hydrogens is 342 g/mol. The molecule has 1 N–H and O–H groups in total. The van der Waals surface area contributed by atoms with Gasteiger partial charge in [-0.15, -0.1) is 0 Å². The fraction of sp³-hybridized carbons (Fsp3) is 0.429. The van der Waals surface area contributed by atoms with Gasteiger partial charge in [0.1, 0.15) is 0 Å². The molecule has 0 unspecified atom stereocenters. The van der Waals surface area contributed by atoms with Crippen LogP contribution in [0.25, 0.3) is 0 Å². The van der Waals surface area contributed by atoms with Gasteiger partial charge in [-0.2, -0.15) is 0 Å². The third kappa shape index (κ3) is 5.12. The van der Waals surface area contributed by atoms with E-state index in [2.05, 4.69) is 10.3 Å². The maximum Gasteiger partial charge on any atom is 0.222 e. The number of hydrogen-bond acceptors (Lipinski definition) is 5. The van der Waals surface area contributed by atoms with Crippen molar-refractivity contribution in [3.8, 4) is 11.5 Å². The molecule has 6 nitrogen and oxygen atoms in total. The quantitative estimate of drug-likeness (QED) is 0.812. The molecular formula is C21H27N3O3. The van der Waals surface area contributed by atoms with Crippen molar-refractivity contribution >= 4 is 11.6 Å². The number of pyridine rings is 1. The third-order valence-electron chi connectivity index (χ3n) is 4.91. The van der Waals surface area contributed by atoms with Crippen molar-refractivity contribution in [3.05, 3.63) is 48.3 Å². The molecule has 0 bridgehead atoms. The Kier molecular flexibility index (Phi) is 6.52. The standard InChI is InChI=1S/C21H27N3O3/c1-26-19-7-6-17(14-20(19)27-2)23-18-4-3-13-24(15-18)21(25)8-5-16-9-11-22-12-10-16/h6-7,9-12,14,18,23H,3-5,8,13,15H2,1-2H3/t18-/m0/s1. The number of ether oxygens (including phenoxy) is 2. The first-order valence-corrected chi connectivity index (χ1v) is 9.35. The van der Waals surface area contributed by atoms with Gasteiger partial charge < -0.3 is 19.7 Å². The highest BCUT2D eigenvalue weighted by atomic mass is 16.5. The van der Waals surface area contributed by atoms with E-state index in [1.165, 1.54) is 0 Å². The lowest BCUT2D eigenvalue weighted by Gasteiger charge is -2.34. The average Bonchev–Trinajstić information content (AvgIpc) is 2.73. The van der Waals surface area contributed by atoms with Gasteiger partial charge in [0.25, 0.3) is 0 Å². The average molecular weight is 369 g/mol. The van der Waals surface area contributed by atoms with E-state index in [1.807, 2.05) is 35.2 Å². The van der Waals surface area contributed by atoms with E-state index in [0.29, 0.717) is 17.9 Å². The van der Waals surface area contributed by atoms with Gasteiger partial charge >= 0.3 is 0 Å². The van der Waals surface area contributed by atoms with Gasteiger partial charge in [0.05, 0.1) is 14.2 Å². The van der Waals surface area contributed by atoms with Crippen LogP contribution in [0.3, 0.4) is 0 Å². The lowest BCUT2D eigenvalue weighted by atomic mass is 10.0. The van der Waals surface area contributed by atoms with Crippen LogP contribution in [-0.2, 0) is 11.2 Å². The molecule has 1 aromatic carbocycles. The third-order valence-corrected chi connectivity index (χ3v) is 4.91. The highest BCUT2D eigenvalue weighted by Crippen LogP contribution is 2.30. The Bertz CT molecular complexity index is 752. The smallest absolute Gasteiger partial charge is 0.222 e. The lowest BCUT2D eigenvalue weighted by molar-refractivity contribution is -0.132. The van der Waals surface area contributed by atoms with Crippen molar-refractivity contribution in [1.29, 1.82) is 0 Å². The molecule has 2 aromatic rings. The predicted molar refractivity (Wildman–Crippen MR) is 105 cm³/mol. The highest BCUT2D eigenvalue weighted by molar-refractivity contribution is 5.76. The predicted octanol–water partition coefficient (Wildman–Crippen LogP) is 3.13. The molecule has 1 aliphatic heterocycles. The molecule has 0 aliphatic carbocycles. The van der Waals surface area contributed by atoms with Gasteiger partial charge in [0.15, 0.2) is 11.5 Å². The molecule has 1 aromatic heterocycles. The minimum absolute atomic E-state index is 0.214. The summed E-state index contributed by atoms with van der Waals surface area (Å²) in [6.45, 7) is 1.56. The SMILES string of the molecule is COc1ccc(N[C@H]2CCCN(C(=O)CCc3ccncc3)C2)cc1OC. The topological polar surface area (TPSA) is 63.7 Å². The van der Waals surface area contributed by atoms with Crippen molar-refractivity contribution in [2.45, 2.75) is 31.7 Å². The summed E-state index contributed by atoms with van der Waals surface area (Å²) < 4.78 is 10.6. The summed E-state index contributed by atoms with van der Waals surface area (Å²) in [4.78, 5) is 18.6. The van der Waals surface area contributed by atoms with Gasteiger partial charge in [-0.3, -0.25) is 9.78 Å². The van der Waals surface area contributed by atoms with Gasteiger partial charge in [-0.1, -0.05) is 0 Å². The van der Waals surface area contributed by atoms with Crippen molar-refractivity contribution in [1.82, 2.24) is 9.88 Å². The number of nitrogens with zero attached hydrogens (tertiary/aromatic N) is 2. The van der Waals surface area contributed by atoms with E-state index in [1.54, 1.807) is 26.6 Å². The molecule has 144 valence electrons. The lowest BCUT2D eigenvalue weighted by Crippen LogP contribution is -2.45. The largest absolute Gasteiger partial charge is 0.493 e. The van der Waals surface area contributed by atoms with Crippen molar-refractivity contribution < 1.29 is 14.3 Å². The number of nitrogens with one attached hydrogen (secondary N) is 1. The Hall–Kier alpha value is -2.76. The molecule has 1 fully saturated rings. The van der Waals surface area contributed by atoms with Gasteiger partial charge in [0.2, 0.25) is 5.91 Å². The number of methoxy groups -OCH3 is 2. The summed E-state index contributed by atoms with van der Waals surface area (Å²) >= 11 is 0. The molecule has 0 saturated carbocycles. The normalized spacial score (nSPS) is 16.7. The van der Waals surface area contributed by atoms with E-state index in [4.69, 9.17) is 9.47 Å². The summed E-state index contributed by atoms with van der Waals surface area (Å²) in [7, 11) is 3.26. The van der Waals surface area contributed by atoms with E-state index in [-0.39, 0.29) is 11.9 Å². The zero-order valence-corrected chi connectivity index (χ0v) is 16.0. The minimum atomic E-state index is 0.214. The van der Waals surface area contributed by atoms with E-state index in [9.17, 15) is 4.79 Å². The fourth-order valence-corrected chi connectivity index (χ4v) is 3.44. The van der Waals surface area contributed by atoms with Crippen LogP contribution < -0.4 is 14.8 Å². The number of aromatic nitrogens is 1. The maximum absolute atomic E-state index is 12.6. The molecule has 1 aliphatic rings. The Labute approximate surface area is 160 Å². The second-order valence-corrected chi connectivity index (χ2v) is 6.75. The number of rotatable bonds is 7. The highest BCUT2D eigenvalue weighted by Gasteiger charge is 2.23. The number of carbonyl (C=O) groups is 1. The van der Waals surface area contributed by atoms with Crippen LogP contribution in [0.15, 0.2) is 42.7 Å². The fourth-order valence-electron chi connectivity index (χ4n) is 3.44. The molecule has 1 amide bonds. The zero-order valence-electron chi connectivity index (χ0n) is 16.0. The van der Waals surface area contributed by atoms with E-state index in [0.717, 1.165) is 43.6 Å². The molecule has 6 heteroatoms. The first-order chi connectivity index (χ1) is 13.2. The summed E-state index contributed by atoms with van der Waals surface area (Å²) in [5.41, 5.74) is 2.12. The van der Waals surface area contributed by atoms with Crippen LogP contribution >= 0.6 is 0 Å². The first kappa shape index (κ1) is 19.0. The Balaban J connectivity index is 1.55. The monoisotopic (exact) mass is 369 g/mol. The zero-order chi connectivity index (χ0) is 19.1. The van der Waals surface area contributed by atoms with Crippen LogP contribution in [0.4, 0.5) is 5.69 Å². The van der Waals surface area contributed by atoms with Crippen LogP contribution in [0, 0.1) is 0 Å².